The van der Waals surface area contributed by atoms with Gasteiger partial charge in [0, 0.05) is 21.3 Å². The number of halogens is 1. The molecule has 3 aromatic rings. The van der Waals surface area contributed by atoms with Gasteiger partial charge in [0.05, 0.1) is 6.54 Å². The fourth-order valence-corrected chi connectivity index (χ4v) is 3.18. The van der Waals surface area contributed by atoms with E-state index in [0.29, 0.717) is 13.0 Å². The van der Waals surface area contributed by atoms with Crippen molar-refractivity contribution in [3.8, 4) is 11.3 Å². The Bertz CT molecular complexity index is 763. The lowest BCUT2D eigenvalue weighted by atomic mass is 10.2. The zero-order valence-electron chi connectivity index (χ0n) is 12.4. The van der Waals surface area contributed by atoms with Crippen molar-refractivity contribution >= 4 is 33.2 Å². The van der Waals surface area contributed by atoms with Crippen LogP contribution in [0.1, 0.15) is 17.1 Å². The molecule has 0 aliphatic rings. The summed E-state index contributed by atoms with van der Waals surface area (Å²) in [6.45, 7) is 0.416. The van der Waals surface area contributed by atoms with Crippen LogP contribution in [0.5, 0.6) is 0 Å². The average molecular weight is 390 g/mol. The number of rotatable bonds is 6. The van der Waals surface area contributed by atoms with Gasteiger partial charge in [-0.15, -0.1) is 11.3 Å². The van der Waals surface area contributed by atoms with Gasteiger partial charge in [0.2, 0.25) is 5.91 Å². The van der Waals surface area contributed by atoms with E-state index in [4.69, 9.17) is 4.42 Å². The van der Waals surface area contributed by atoms with E-state index in [1.54, 1.807) is 11.3 Å². The van der Waals surface area contributed by atoms with E-state index in [1.165, 1.54) is 4.88 Å². The van der Waals surface area contributed by atoms with E-state index in [1.807, 2.05) is 47.8 Å². The van der Waals surface area contributed by atoms with Crippen LogP contribution in [0.25, 0.3) is 11.3 Å². The third kappa shape index (κ3) is 4.56. The molecule has 0 saturated carbocycles. The highest BCUT2D eigenvalue weighted by Gasteiger charge is 2.07. The van der Waals surface area contributed by atoms with Crippen molar-refractivity contribution in [3.63, 3.8) is 0 Å². The van der Waals surface area contributed by atoms with Crippen molar-refractivity contribution in [2.24, 2.45) is 0 Å². The van der Waals surface area contributed by atoms with Crippen LogP contribution in [-0.4, -0.2) is 5.91 Å². The van der Waals surface area contributed by atoms with Crippen LogP contribution < -0.4 is 5.32 Å². The second kappa shape index (κ2) is 7.62. The van der Waals surface area contributed by atoms with Crippen LogP contribution in [-0.2, 0) is 17.8 Å². The van der Waals surface area contributed by atoms with Gasteiger partial charge in [-0.25, -0.2) is 0 Å². The van der Waals surface area contributed by atoms with Gasteiger partial charge in [0.15, 0.2) is 0 Å². The summed E-state index contributed by atoms with van der Waals surface area (Å²) in [4.78, 5) is 13.1. The molecule has 3 rings (SSSR count). The maximum Gasteiger partial charge on any atom is 0.220 e. The van der Waals surface area contributed by atoms with E-state index in [9.17, 15) is 4.79 Å². The molecule has 0 fully saturated rings. The Hall–Kier alpha value is -1.85. The Morgan fingerprint density at radius 3 is 2.70 bits per heavy atom. The first-order valence-corrected chi connectivity index (χ1v) is 9.02. The van der Waals surface area contributed by atoms with Gasteiger partial charge < -0.3 is 9.73 Å². The van der Waals surface area contributed by atoms with Crippen LogP contribution in [0.3, 0.4) is 0 Å². The maximum atomic E-state index is 11.9. The maximum absolute atomic E-state index is 11.9. The number of nitrogens with one attached hydrogen (secondary N) is 1. The quantitative estimate of drug-likeness (QED) is 0.642. The van der Waals surface area contributed by atoms with Gasteiger partial charge >= 0.3 is 0 Å². The zero-order chi connectivity index (χ0) is 16.1. The second-order valence-corrected chi connectivity index (χ2v) is 7.08. The van der Waals surface area contributed by atoms with Crippen molar-refractivity contribution in [1.29, 1.82) is 0 Å². The van der Waals surface area contributed by atoms with E-state index in [0.717, 1.165) is 28.0 Å². The molecule has 0 aliphatic heterocycles. The minimum absolute atomic E-state index is 0.0417. The Kier molecular flexibility index (Phi) is 5.31. The highest BCUT2D eigenvalue weighted by atomic mass is 79.9. The molecular formula is C18H16BrNO2S. The van der Waals surface area contributed by atoms with Crippen molar-refractivity contribution in [1.82, 2.24) is 5.32 Å². The highest BCUT2D eigenvalue weighted by Crippen LogP contribution is 2.24. The predicted molar refractivity (Wildman–Crippen MR) is 96.3 cm³/mol. The van der Waals surface area contributed by atoms with Gasteiger partial charge in [0.1, 0.15) is 11.5 Å². The smallest absolute Gasteiger partial charge is 0.220 e. The van der Waals surface area contributed by atoms with E-state index in [-0.39, 0.29) is 5.91 Å². The molecule has 0 atom stereocenters. The molecule has 0 unspecified atom stereocenters. The second-order valence-electron chi connectivity index (χ2n) is 5.13. The summed E-state index contributed by atoms with van der Waals surface area (Å²) in [6, 6.07) is 15.8. The Balaban J connectivity index is 1.50. The molecule has 1 amide bonds. The molecule has 0 radical (unpaired) electrons. The lowest BCUT2D eigenvalue weighted by Gasteiger charge is -2.03. The third-order valence-electron chi connectivity index (χ3n) is 3.43. The number of hydrogen-bond acceptors (Lipinski definition) is 3. The molecular weight excluding hydrogens is 374 g/mol. The average Bonchev–Trinajstić information content (AvgIpc) is 3.23. The van der Waals surface area contributed by atoms with Crippen LogP contribution in [0.4, 0.5) is 0 Å². The summed E-state index contributed by atoms with van der Waals surface area (Å²) in [5.41, 5.74) is 1.02. The first-order chi connectivity index (χ1) is 11.2. The van der Waals surface area contributed by atoms with Gasteiger partial charge in [-0.05, 0) is 42.1 Å². The van der Waals surface area contributed by atoms with Gasteiger partial charge in [-0.1, -0.05) is 34.1 Å². The summed E-state index contributed by atoms with van der Waals surface area (Å²) >= 11 is 5.10. The fourth-order valence-electron chi connectivity index (χ4n) is 2.21. The zero-order valence-corrected chi connectivity index (χ0v) is 14.8. The van der Waals surface area contributed by atoms with Gasteiger partial charge in [-0.3, -0.25) is 4.79 Å². The van der Waals surface area contributed by atoms with Crippen LogP contribution in [0.2, 0.25) is 0 Å². The molecule has 23 heavy (non-hydrogen) atoms. The number of hydrogen-bond donors (Lipinski definition) is 1. The monoisotopic (exact) mass is 389 g/mol. The minimum atomic E-state index is 0.0417. The molecule has 0 spiro atoms. The molecule has 0 aliphatic carbocycles. The van der Waals surface area contributed by atoms with Crippen LogP contribution >= 0.6 is 27.3 Å². The minimum Gasteiger partial charge on any atom is -0.459 e. The molecule has 0 saturated heterocycles. The van der Waals surface area contributed by atoms with Crippen molar-refractivity contribution < 1.29 is 9.21 Å². The van der Waals surface area contributed by atoms with E-state index < -0.39 is 0 Å². The van der Waals surface area contributed by atoms with Crippen LogP contribution in [0, 0.1) is 0 Å². The number of thiophene rings is 1. The SMILES string of the molecule is O=C(CCc1cccs1)NCc1ccc(-c2ccc(Br)cc2)o1. The molecule has 1 N–H and O–H groups in total. The number of amides is 1. The number of benzene rings is 1. The number of furan rings is 1. The highest BCUT2D eigenvalue weighted by molar-refractivity contribution is 9.10. The number of carbonyl (C=O) groups is 1. The van der Waals surface area contributed by atoms with Crippen LogP contribution in [0.15, 0.2) is 62.8 Å². The summed E-state index contributed by atoms with van der Waals surface area (Å²) in [5.74, 6) is 1.60. The molecule has 0 bridgehead atoms. The largest absolute Gasteiger partial charge is 0.459 e. The Morgan fingerprint density at radius 1 is 1.13 bits per heavy atom. The van der Waals surface area contributed by atoms with E-state index in [2.05, 4.69) is 27.3 Å². The third-order valence-corrected chi connectivity index (χ3v) is 4.89. The number of aryl methyl sites for hydroxylation is 1. The summed E-state index contributed by atoms with van der Waals surface area (Å²) < 4.78 is 6.82. The molecule has 1 aromatic carbocycles. The predicted octanol–water partition coefficient (Wildman–Crippen LogP) is 5.02. The Labute approximate surface area is 147 Å². The Morgan fingerprint density at radius 2 is 1.96 bits per heavy atom. The fraction of sp³-hybridized carbons (Fsp3) is 0.167. The van der Waals surface area contributed by atoms with Gasteiger partial charge in [-0.2, -0.15) is 0 Å². The standard InChI is InChI=1S/C18H16BrNO2S/c19-14-5-3-13(4-6-14)17-9-7-15(22-17)12-20-18(21)10-8-16-2-1-11-23-16/h1-7,9,11H,8,10,12H2,(H,20,21). The molecule has 2 aromatic heterocycles. The molecule has 118 valence electrons. The lowest BCUT2D eigenvalue weighted by Crippen LogP contribution is -2.22. The number of carbonyl (C=O) groups excluding carboxylic acids is 1. The van der Waals surface area contributed by atoms with Gasteiger partial charge in [0.25, 0.3) is 0 Å². The first-order valence-electron chi connectivity index (χ1n) is 7.34. The van der Waals surface area contributed by atoms with Crippen molar-refractivity contribution in [2.75, 3.05) is 0 Å². The normalized spacial score (nSPS) is 10.7. The van der Waals surface area contributed by atoms with Crippen molar-refractivity contribution in [2.45, 2.75) is 19.4 Å². The summed E-state index contributed by atoms with van der Waals surface area (Å²) in [7, 11) is 0. The lowest BCUT2D eigenvalue weighted by molar-refractivity contribution is -0.121. The molecule has 2 heterocycles. The summed E-state index contributed by atoms with van der Waals surface area (Å²) in [6.07, 6.45) is 1.28. The van der Waals surface area contributed by atoms with E-state index >= 15 is 0 Å². The molecule has 5 heteroatoms. The topological polar surface area (TPSA) is 42.2 Å². The van der Waals surface area contributed by atoms with Crippen molar-refractivity contribution in [3.05, 3.63) is 69.0 Å². The molecule has 3 nitrogen and oxygen atoms in total. The summed E-state index contributed by atoms with van der Waals surface area (Å²) in [5, 5.41) is 4.93. The first kappa shape index (κ1) is 16.0.